The third-order valence-electron chi connectivity index (χ3n) is 5.65. The smallest absolute Gasteiger partial charge is 0.154 e. The van der Waals surface area contributed by atoms with Crippen LogP contribution in [-0.4, -0.2) is 23.8 Å². The van der Waals surface area contributed by atoms with Gasteiger partial charge >= 0.3 is 0 Å². The second kappa shape index (κ2) is 5.04. The minimum Gasteiger partial charge on any atom is -0.373 e. The van der Waals surface area contributed by atoms with Crippen molar-refractivity contribution in [1.82, 2.24) is 0 Å². The quantitative estimate of drug-likeness (QED) is 0.592. The van der Waals surface area contributed by atoms with Crippen molar-refractivity contribution in [2.45, 2.75) is 51.7 Å². The van der Waals surface area contributed by atoms with Crippen LogP contribution < -0.4 is 0 Å². The molecule has 0 spiro atoms. The summed E-state index contributed by atoms with van der Waals surface area (Å²) >= 11 is 0. The van der Waals surface area contributed by atoms with E-state index in [9.17, 15) is 9.59 Å². The molecule has 1 unspecified atom stereocenters. The molecule has 2 aliphatic heterocycles. The second-order valence-corrected chi connectivity index (χ2v) is 6.98. The van der Waals surface area contributed by atoms with Gasteiger partial charge in [-0.05, 0) is 62.4 Å². The van der Waals surface area contributed by atoms with E-state index in [0.717, 1.165) is 35.1 Å². The summed E-state index contributed by atoms with van der Waals surface area (Å²) in [7, 11) is 0. The molecule has 5 atom stereocenters. The molecule has 1 aliphatic carbocycles. The predicted molar refractivity (Wildman–Crippen MR) is 86.1 cm³/mol. The molecule has 118 valence electrons. The normalized spacial score (nSPS) is 34.5. The van der Waals surface area contributed by atoms with E-state index in [4.69, 9.17) is 4.74 Å². The number of hydrogen-bond donors (Lipinski definition) is 0. The first-order valence-electron chi connectivity index (χ1n) is 8.29. The number of carbonyl (C=O) groups is 2. The number of Topliss-reactive ketones (excluding diaryl/α,β-unsaturated/α-hetero) is 2. The van der Waals surface area contributed by atoms with Gasteiger partial charge in [0.2, 0.25) is 0 Å². The minimum atomic E-state index is -0.597. The number of ketones is 2. The lowest BCUT2D eigenvalue weighted by Gasteiger charge is -2.17. The van der Waals surface area contributed by atoms with Crippen LogP contribution in [0.2, 0.25) is 0 Å². The highest BCUT2D eigenvalue weighted by molar-refractivity contribution is 6.17. The van der Waals surface area contributed by atoms with E-state index in [-0.39, 0.29) is 35.6 Å². The molecule has 3 aliphatic rings. The van der Waals surface area contributed by atoms with Gasteiger partial charge in [0, 0.05) is 5.56 Å². The van der Waals surface area contributed by atoms with E-state index in [2.05, 4.69) is 11.8 Å². The largest absolute Gasteiger partial charge is 0.373 e. The standard InChI is InChI=1S/C20H20O3/c1-4-5-12-8-10(2)15(11(3)9-12)18-19(21)16-13-6-7-14(23-13)17(16)20(18)22/h8-9,13-14,16-18H,6-7H2,1-3H3/t13-,14+,16-,17+,18?. The molecule has 23 heavy (non-hydrogen) atoms. The number of rotatable bonds is 1. The van der Waals surface area contributed by atoms with Gasteiger partial charge in [-0.2, -0.15) is 0 Å². The van der Waals surface area contributed by atoms with E-state index in [1.54, 1.807) is 6.92 Å². The highest BCUT2D eigenvalue weighted by Crippen LogP contribution is 2.52. The summed E-state index contributed by atoms with van der Waals surface area (Å²) in [6, 6.07) is 3.97. The minimum absolute atomic E-state index is 0.0303. The number of fused-ring (bicyclic) bond motifs is 5. The van der Waals surface area contributed by atoms with Crippen molar-refractivity contribution < 1.29 is 14.3 Å². The monoisotopic (exact) mass is 308 g/mol. The fraction of sp³-hybridized carbons (Fsp3) is 0.500. The summed E-state index contributed by atoms with van der Waals surface area (Å²) < 4.78 is 5.82. The molecule has 2 bridgehead atoms. The van der Waals surface area contributed by atoms with E-state index < -0.39 is 5.92 Å². The van der Waals surface area contributed by atoms with E-state index >= 15 is 0 Å². The van der Waals surface area contributed by atoms with Crippen LogP contribution >= 0.6 is 0 Å². The molecule has 3 nitrogen and oxygen atoms in total. The molecule has 1 saturated carbocycles. The Hall–Kier alpha value is -1.92. The summed E-state index contributed by atoms with van der Waals surface area (Å²) in [5.74, 6) is 5.09. The van der Waals surface area contributed by atoms with Gasteiger partial charge in [-0.15, -0.1) is 5.92 Å². The Labute approximate surface area is 136 Å². The second-order valence-electron chi connectivity index (χ2n) is 6.98. The van der Waals surface area contributed by atoms with Crippen molar-refractivity contribution in [1.29, 1.82) is 0 Å². The number of benzene rings is 1. The number of ether oxygens (including phenoxy) is 1. The fourth-order valence-corrected chi connectivity index (χ4v) is 4.86. The van der Waals surface area contributed by atoms with Gasteiger partial charge in [-0.25, -0.2) is 0 Å². The Morgan fingerprint density at radius 1 is 1.00 bits per heavy atom. The summed E-state index contributed by atoms with van der Waals surface area (Å²) in [5.41, 5.74) is 3.81. The molecule has 0 amide bonds. The van der Waals surface area contributed by atoms with Crippen LogP contribution in [0.25, 0.3) is 0 Å². The lowest BCUT2D eigenvalue weighted by atomic mass is 9.81. The van der Waals surface area contributed by atoms with Crippen molar-refractivity contribution in [3.63, 3.8) is 0 Å². The molecule has 1 aromatic carbocycles. The summed E-state index contributed by atoms with van der Waals surface area (Å²) in [6.07, 6.45) is 1.77. The molecule has 0 N–H and O–H groups in total. The average Bonchev–Trinajstić information content (AvgIpc) is 3.16. The van der Waals surface area contributed by atoms with Crippen LogP contribution in [0.1, 0.15) is 47.9 Å². The van der Waals surface area contributed by atoms with Crippen LogP contribution in [0, 0.1) is 37.5 Å². The molecule has 0 radical (unpaired) electrons. The zero-order chi connectivity index (χ0) is 16.3. The number of hydrogen-bond acceptors (Lipinski definition) is 3. The van der Waals surface area contributed by atoms with Gasteiger partial charge in [-0.3, -0.25) is 9.59 Å². The predicted octanol–water partition coefficient (Wildman–Crippen LogP) is 2.70. The van der Waals surface area contributed by atoms with E-state index in [1.807, 2.05) is 26.0 Å². The van der Waals surface area contributed by atoms with Gasteiger partial charge in [0.25, 0.3) is 0 Å². The Balaban J connectivity index is 1.78. The van der Waals surface area contributed by atoms with Crippen LogP contribution in [0.3, 0.4) is 0 Å². The summed E-state index contributed by atoms with van der Waals surface area (Å²) in [5, 5.41) is 0. The highest BCUT2D eigenvalue weighted by Gasteiger charge is 2.63. The molecule has 3 heteroatoms. The van der Waals surface area contributed by atoms with Crippen LogP contribution in [-0.2, 0) is 14.3 Å². The van der Waals surface area contributed by atoms with Crippen LogP contribution in [0.15, 0.2) is 12.1 Å². The van der Waals surface area contributed by atoms with Gasteiger partial charge < -0.3 is 4.74 Å². The molecular formula is C20H20O3. The first kappa shape index (κ1) is 14.7. The van der Waals surface area contributed by atoms with Crippen molar-refractivity contribution >= 4 is 11.6 Å². The Kier molecular flexibility index (Phi) is 3.21. The van der Waals surface area contributed by atoms with Crippen LogP contribution in [0.5, 0.6) is 0 Å². The first-order chi connectivity index (χ1) is 11.0. The van der Waals surface area contributed by atoms with Gasteiger partial charge in [0.05, 0.1) is 24.0 Å². The van der Waals surface area contributed by atoms with E-state index in [0.29, 0.717) is 0 Å². The highest BCUT2D eigenvalue weighted by atomic mass is 16.5. The molecular weight excluding hydrogens is 288 g/mol. The van der Waals surface area contributed by atoms with Crippen molar-refractivity contribution in [2.24, 2.45) is 11.8 Å². The van der Waals surface area contributed by atoms with E-state index in [1.165, 1.54) is 0 Å². The molecule has 3 fully saturated rings. The fourth-order valence-electron chi connectivity index (χ4n) is 4.86. The molecule has 4 rings (SSSR count). The van der Waals surface area contributed by atoms with Gasteiger partial charge in [0.1, 0.15) is 5.92 Å². The lowest BCUT2D eigenvalue weighted by molar-refractivity contribution is -0.127. The summed E-state index contributed by atoms with van der Waals surface area (Å²) in [6.45, 7) is 5.76. The van der Waals surface area contributed by atoms with Gasteiger partial charge in [-0.1, -0.05) is 5.92 Å². The molecule has 2 heterocycles. The molecule has 2 saturated heterocycles. The molecule has 1 aromatic rings. The maximum absolute atomic E-state index is 13.0. The SMILES string of the molecule is CC#Cc1cc(C)c(C2C(=O)[C@@H]3[C@H](C2=O)[C@H]2CC[C@@H]3O2)c(C)c1. The van der Waals surface area contributed by atoms with Crippen molar-refractivity contribution in [3.05, 3.63) is 34.4 Å². The summed E-state index contributed by atoms with van der Waals surface area (Å²) in [4.78, 5) is 25.9. The topological polar surface area (TPSA) is 43.4 Å². The average molecular weight is 308 g/mol. The maximum Gasteiger partial charge on any atom is 0.154 e. The number of carbonyl (C=O) groups excluding carboxylic acids is 2. The maximum atomic E-state index is 13.0. The Morgan fingerprint density at radius 3 is 2.00 bits per heavy atom. The third-order valence-corrected chi connectivity index (χ3v) is 5.65. The molecule has 0 aromatic heterocycles. The van der Waals surface area contributed by atoms with Crippen molar-refractivity contribution in [3.8, 4) is 11.8 Å². The lowest BCUT2D eigenvalue weighted by Crippen LogP contribution is -2.29. The number of aryl methyl sites for hydroxylation is 2. The van der Waals surface area contributed by atoms with Crippen LogP contribution in [0.4, 0.5) is 0 Å². The zero-order valence-electron chi connectivity index (χ0n) is 13.7. The Bertz CT molecular complexity index is 729. The third kappa shape index (κ3) is 1.95. The first-order valence-corrected chi connectivity index (χ1v) is 8.29. The van der Waals surface area contributed by atoms with Gasteiger partial charge in [0.15, 0.2) is 11.6 Å². The van der Waals surface area contributed by atoms with Crippen molar-refractivity contribution in [2.75, 3.05) is 0 Å². The Morgan fingerprint density at radius 2 is 1.52 bits per heavy atom. The zero-order valence-corrected chi connectivity index (χ0v) is 13.7.